The van der Waals surface area contributed by atoms with E-state index in [0.717, 1.165) is 37.7 Å². The molecule has 2 heterocycles. The maximum atomic E-state index is 5.83. The number of rotatable bonds is 7. The van der Waals surface area contributed by atoms with Gasteiger partial charge in [0, 0.05) is 31.1 Å². The Balaban J connectivity index is 2.08. The van der Waals surface area contributed by atoms with Gasteiger partial charge in [-0.15, -0.1) is 11.3 Å². The van der Waals surface area contributed by atoms with E-state index in [1.807, 2.05) is 0 Å². The Hall–Kier alpha value is -0.650. The van der Waals surface area contributed by atoms with E-state index in [1.165, 1.54) is 23.4 Å². The molecular formula is C14H25N3OS. The molecule has 0 amide bonds. The van der Waals surface area contributed by atoms with Crippen LogP contribution >= 0.6 is 11.3 Å². The van der Waals surface area contributed by atoms with Gasteiger partial charge in [0.25, 0.3) is 0 Å². The third-order valence-electron chi connectivity index (χ3n) is 3.54. The van der Waals surface area contributed by atoms with Gasteiger partial charge in [-0.05, 0) is 26.2 Å². The quantitative estimate of drug-likeness (QED) is 0.835. The largest absolute Gasteiger partial charge is 0.376 e. The van der Waals surface area contributed by atoms with Crippen LogP contribution in [0.2, 0.25) is 0 Å². The Bertz CT molecular complexity index is 388. The molecule has 5 heteroatoms. The molecule has 2 N–H and O–H groups in total. The first-order valence-electron chi connectivity index (χ1n) is 7.33. The van der Waals surface area contributed by atoms with Crippen LogP contribution in [0.4, 0.5) is 5.13 Å². The summed E-state index contributed by atoms with van der Waals surface area (Å²) < 4.78 is 5.73. The SMILES string of the molecule is CCCc1nc(N(CC)CC2CCCO2)sc1CN. The van der Waals surface area contributed by atoms with Gasteiger partial charge in [0.2, 0.25) is 0 Å². The average molecular weight is 283 g/mol. The molecule has 1 atom stereocenters. The van der Waals surface area contributed by atoms with Gasteiger partial charge in [-0.3, -0.25) is 0 Å². The molecule has 1 saturated heterocycles. The van der Waals surface area contributed by atoms with Crippen molar-refractivity contribution in [1.29, 1.82) is 0 Å². The number of anilines is 1. The highest BCUT2D eigenvalue weighted by molar-refractivity contribution is 7.15. The predicted molar refractivity (Wildman–Crippen MR) is 80.9 cm³/mol. The topological polar surface area (TPSA) is 51.4 Å². The summed E-state index contributed by atoms with van der Waals surface area (Å²) in [5.74, 6) is 0. The number of nitrogens with zero attached hydrogens (tertiary/aromatic N) is 2. The van der Waals surface area contributed by atoms with Crippen LogP contribution in [0.1, 0.15) is 43.7 Å². The standard InChI is InChI=1S/C14H25N3OS/c1-3-6-12-13(9-15)19-14(16-12)17(4-2)10-11-7-5-8-18-11/h11H,3-10,15H2,1-2H3. The number of ether oxygens (including phenoxy) is 1. The van der Waals surface area contributed by atoms with Crippen LogP contribution in [-0.2, 0) is 17.7 Å². The normalized spacial score (nSPS) is 19.0. The van der Waals surface area contributed by atoms with Crippen molar-refractivity contribution in [2.75, 3.05) is 24.6 Å². The molecule has 108 valence electrons. The number of aromatic nitrogens is 1. The first kappa shape index (κ1) is 14.8. The zero-order valence-corrected chi connectivity index (χ0v) is 12.8. The van der Waals surface area contributed by atoms with Crippen molar-refractivity contribution in [3.05, 3.63) is 10.6 Å². The fourth-order valence-electron chi connectivity index (χ4n) is 2.47. The first-order chi connectivity index (χ1) is 9.28. The van der Waals surface area contributed by atoms with Crippen LogP contribution < -0.4 is 10.6 Å². The van der Waals surface area contributed by atoms with Gasteiger partial charge in [0.1, 0.15) is 0 Å². The lowest BCUT2D eigenvalue weighted by Crippen LogP contribution is -2.31. The number of aryl methyl sites for hydroxylation is 1. The average Bonchev–Trinajstić information content (AvgIpc) is 3.05. The molecule has 0 radical (unpaired) electrons. The summed E-state index contributed by atoms with van der Waals surface area (Å²) in [6.45, 7) is 7.81. The zero-order chi connectivity index (χ0) is 13.7. The summed E-state index contributed by atoms with van der Waals surface area (Å²) in [7, 11) is 0. The minimum Gasteiger partial charge on any atom is -0.376 e. The van der Waals surface area contributed by atoms with Gasteiger partial charge < -0.3 is 15.4 Å². The van der Waals surface area contributed by atoms with Crippen LogP contribution in [0.25, 0.3) is 0 Å². The van der Waals surface area contributed by atoms with Crippen molar-refractivity contribution in [3.8, 4) is 0 Å². The van der Waals surface area contributed by atoms with E-state index in [0.29, 0.717) is 12.6 Å². The summed E-state index contributed by atoms with van der Waals surface area (Å²) >= 11 is 1.75. The maximum absolute atomic E-state index is 5.83. The second-order valence-corrected chi connectivity index (χ2v) is 6.06. The highest BCUT2D eigenvalue weighted by Gasteiger charge is 2.21. The number of thiazole rings is 1. The van der Waals surface area contributed by atoms with E-state index in [1.54, 1.807) is 11.3 Å². The monoisotopic (exact) mass is 283 g/mol. The van der Waals surface area contributed by atoms with Crippen molar-refractivity contribution in [2.45, 2.75) is 52.2 Å². The van der Waals surface area contributed by atoms with Crippen molar-refractivity contribution in [2.24, 2.45) is 5.73 Å². The van der Waals surface area contributed by atoms with E-state index in [9.17, 15) is 0 Å². The predicted octanol–water partition coefficient (Wildman–Crippen LogP) is 2.56. The first-order valence-corrected chi connectivity index (χ1v) is 8.15. The van der Waals surface area contributed by atoms with Crippen LogP contribution in [0.5, 0.6) is 0 Å². The number of likely N-dealkylation sites (N-methyl/N-ethyl adjacent to an activating group) is 1. The van der Waals surface area contributed by atoms with E-state index in [2.05, 4.69) is 18.7 Å². The summed E-state index contributed by atoms with van der Waals surface area (Å²) in [5.41, 5.74) is 7.02. The second-order valence-electron chi connectivity index (χ2n) is 4.99. The summed E-state index contributed by atoms with van der Waals surface area (Å²) in [4.78, 5) is 8.36. The number of hydrogen-bond acceptors (Lipinski definition) is 5. The van der Waals surface area contributed by atoms with E-state index < -0.39 is 0 Å². The number of nitrogens with two attached hydrogens (primary N) is 1. The molecule has 1 unspecified atom stereocenters. The Morgan fingerprint density at radius 2 is 2.32 bits per heavy atom. The van der Waals surface area contributed by atoms with Gasteiger partial charge in [-0.25, -0.2) is 4.98 Å². The number of hydrogen-bond donors (Lipinski definition) is 1. The third-order valence-corrected chi connectivity index (χ3v) is 4.72. The smallest absolute Gasteiger partial charge is 0.185 e. The molecule has 0 bridgehead atoms. The Morgan fingerprint density at radius 1 is 1.47 bits per heavy atom. The maximum Gasteiger partial charge on any atom is 0.185 e. The fraction of sp³-hybridized carbons (Fsp3) is 0.786. The summed E-state index contributed by atoms with van der Waals surface area (Å²) in [6, 6.07) is 0. The Kier molecular flexibility index (Phi) is 5.60. The highest BCUT2D eigenvalue weighted by Crippen LogP contribution is 2.28. The molecule has 0 saturated carbocycles. The lowest BCUT2D eigenvalue weighted by atomic mass is 10.2. The molecule has 1 aliphatic heterocycles. The van der Waals surface area contributed by atoms with Gasteiger partial charge in [0.05, 0.1) is 11.8 Å². The molecule has 1 aromatic heterocycles. The molecule has 19 heavy (non-hydrogen) atoms. The van der Waals surface area contributed by atoms with Crippen molar-refractivity contribution in [1.82, 2.24) is 4.98 Å². The molecule has 1 fully saturated rings. The highest BCUT2D eigenvalue weighted by atomic mass is 32.1. The van der Waals surface area contributed by atoms with E-state index >= 15 is 0 Å². The zero-order valence-electron chi connectivity index (χ0n) is 12.0. The minimum absolute atomic E-state index is 0.375. The molecule has 1 aromatic rings. The molecule has 0 spiro atoms. The van der Waals surface area contributed by atoms with Crippen LogP contribution in [-0.4, -0.2) is 30.8 Å². The lowest BCUT2D eigenvalue weighted by Gasteiger charge is -2.23. The molecule has 0 aromatic carbocycles. The molecule has 4 nitrogen and oxygen atoms in total. The fourth-order valence-corrected chi connectivity index (χ4v) is 3.53. The molecular weight excluding hydrogens is 258 g/mol. The van der Waals surface area contributed by atoms with Crippen LogP contribution in [0, 0.1) is 0 Å². The third kappa shape index (κ3) is 3.68. The van der Waals surface area contributed by atoms with Crippen molar-refractivity contribution >= 4 is 16.5 Å². The molecule has 2 rings (SSSR count). The summed E-state index contributed by atoms with van der Waals surface area (Å²) in [5, 5.41) is 1.11. The van der Waals surface area contributed by atoms with E-state index in [-0.39, 0.29) is 0 Å². The van der Waals surface area contributed by atoms with E-state index in [4.69, 9.17) is 15.5 Å². The van der Waals surface area contributed by atoms with Crippen molar-refractivity contribution in [3.63, 3.8) is 0 Å². The Labute approximate surface area is 120 Å². The molecule has 0 aliphatic carbocycles. The van der Waals surface area contributed by atoms with Gasteiger partial charge in [-0.1, -0.05) is 13.3 Å². The van der Waals surface area contributed by atoms with Crippen molar-refractivity contribution < 1.29 is 4.74 Å². The Morgan fingerprint density at radius 3 is 2.89 bits per heavy atom. The van der Waals surface area contributed by atoms with Crippen LogP contribution in [0.3, 0.4) is 0 Å². The van der Waals surface area contributed by atoms with Gasteiger partial charge in [-0.2, -0.15) is 0 Å². The van der Waals surface area contributed by atoms with Crippen LogP contribution in [0.15, 0.2) is 0 Å². The lowest BCUT2D eigenvalue weighted by molar-refractivity contribution is 0.115. The second kappa shape index (κ2) is 7.22. The van der Waals surface area contributed by atoms with Gasteiger partial charge >= 0.3 is 0 Å². The summed E-state index contributed by atoms with van der Waals surface area (Å²) in [6.07, 6.45) is 4.89. The molecule has 1 aliphatic rings. The minimum atomic E-state index is 0.375. The van der Waals surface area contributed by atoms with Gasteiger partial charge in [0.15, 0.2) is 5.13 Å².